The molecule has 0 aromatic carbocycles. The van der Waals surface area contributed by atoms with E-state index < -0.39 is 0 Å². The van der Waals surface area contributed by atoms with E-state index in [2.05, 4.69) is 31.7 Å². The lowest BCUT2D eigenvalue weighted by Crippen LogP contribution is -2.38. The number of hydrogen-bond acceptors (Lipinski definition) is 5. The van der Waals surface area contributed by atoms with Gasteiger partial charge in [0.1, 0.15) is 12.1 Å². The minimum atomic E-state index is 0.736. The average Bonchev–Trinajstić information content (AvgIpc) is 2.84. The molecule has 0 amide bonds. The standard InChI is InChI=1S/C16H25N5/c1-19-9-5-15-14(11-19)16(18-12-17-15)21-8-3-7-20-6-2-4-13(20)10-21/h12-13H,2-11H2,1H3/t13-/m1/s1. The van der Waals surface area contributed by atoms with Crippen LogP contribution in [0.3, 0.4) is 0 Å². The second-order valence-electron chi connectivity index (χ2n) is 6.74. The third kappa shape index (κ3) is 2.53. The van der Waals surface area contributed by atoms with Crippen molar-refractivity contribution in [3.63, 3.8) is 0 Å². The number of likely N-dealkylation sites (N-methyl/N-ethyl adjacent to an activating group) is 1. The lowest BCUT2D eigenvalue weighted by atomic mass is 10.1. The number of rotatable bonds is 1. The van der Waals surface area contributed by atoms with Crippen LogP contribution in [0.4, 0.5) is 5.82 Å². The highest BCUT2D eigenvalue weighted by Crippen LogP contribution is 2.29. The van der Waals surface area contributed by atoms with Crippen molar-refractivity contribution in [1.82, 2.24) is 19.8 Å². The van der Waals surface area contributed by atoms with Crippen molar-refractivity contribution in [3.8, 4) is 0 Å². The molecule has 0 bridgehead atoms. The number of hydrogen-bond donors (Lipinski definition) is 0. The summed E-state index contributed by atoms with van der Waals surface area (Å²) in [4.78, 5) is 16.8. The SMILES string of the molecule is CN1CCc2ncnc(N3CCCN4CCC[C@@H]4C3)c2C1. The summed E-state index contributed by atoms with van der Waals surface area (Å²) in [5.41, 5.74) is 2.64. The maximum atomic E-state index is 4.68. The van der Waals surface area contributed by atoms with E-state index in [1.165, 1.54) is 49.4 Å². The summed E-state index contributed by atoms with van der Waals surface area (Å²) in [6, 6.07) is 0.736. The third-order valence-corrected chi connectivity index (χ3v) is 5.27. The number of fused-ring (bicyclic) bond motifs is 2. The van der Waals surface area contributed by atoms with E-state index in [0.29, 0.717) is 0 Å². The first-order chi connectivity index (χ1) is 10.3. The zero-order chi connectivity index (χ0) is 14.2. The smallest absolute Gasteiger partial charge is 0.136 e. The van der Waals surface area contributed by atoms with Crippen molar-refractivity contribution in [1.29, 1.82) is 0 Å². The van der Waals surface area contributed by atoms with E-state index in [1.807, 2.05) is 0 Å². The van der Waals surface area contributed by atoms with Crippen LogP contribution in [0.15, 0.2) is 6.33 Å². The molecule has 0 radical (unpaired) electrons. The molecular formula is C16H25N5. The molecule has 4 heterocycles. The Morgan fingerprint density at radius 1 is 1.10 bits per heavy atom. The Hall–Kier alpha value is -1.20. The van der Waals surface area contributed by atoms with Gasteiger partial charge in [0, 0.05) is 50.7 Å². The summed E-state index contributed by atoms with van der Waals surface area (Å²) in [7, 11) is 2.20. The van der Waals surface area contributed by atoms with Crippen LogP contribution in [0, 0.1) is 0 Å². The van der Waals surface area contributed by atoms with Gasteiger partial charge in [-0.25, -0.2) is 9.97 Å². The van der Waals surface area contributed by atoms with Crippen LogP contribution in [0.5, 0.6) is 0 Å². The monoisotopic (exact) mass is 287 g/mol. The van der Waals surface area contributed by atoms with E-state index in [-0.39, 0.29) is 0 Å². The van der Waals surface area contributed by atoms with Gasteiger partial charge in [0.05, 0.1) is 5.69 Å². The van der Waals surface area contributed by atoms with Crippen molar-refractivity contribution in [2.24, 2.45) is 0 Å². The van der Waals surface area contributed by atoms with Gasteiger partial charge in [-0.2, -0.15) is 0 Å². The van der Waals surface area contributed by atoms with Crippen LogP contribution in [-0.2, 0) is 13.0 Å². The molecule has 0 N–H and O–H groups in total. The topological polar surface area (TPSA) is 35.5 Å². The van der Waals surface area contributed by atoms with Crippen molar-refractivity contribution in [2.75, 3.05) is 44.7 Å². The van der Waals surface area contributed by atoms with E-state index in [9.17, 15) is 0 Å². The van der Waals surface area contributed by atoms with Gasteiger partial charge in [0.15, 0.2) is 0 Å². The molecule has 0 spiro atoms. The first kappa shape index (κ1) is 13.5. The van der Waals surface area contributed by atoms with Gasteiger partial charge in [0.25, 0.3) is 0 Å². The van der Waals surface area contributed by atoms with Gasteiger partial charge in [-0.15, -0.1) is 0 Å². The van der Waals surface area contributed by atoms with Crippen LogP contribution in [0.25, 0.3) is 0 Å². The van der Waals surface area contributed by atoms with Crippen molar-refractivity contribution < 1.29 is 0 Å². The van der Waals surface area contributed by atoms with Crippen molar-refractivity contribution in [3.05, 3.63) is 17.6 Å². The van der Waals surface area contributed by atoms with Crippen LogP contribution >= 0.6 is 0 Å². The van der Waals surface area contributed by atoms with Crippen molar-refractivity contribution >= 4 is 5.82 Å². The predicted molar refractivity (Wildman–Crippen MR) is 83.5 cm³/mol. The van der Waals surface area contributed by atoms with Gasteiger partial charge in [0.2, 0.25) is 0 Å². The largest absolute Gasteiger partial charge is 0.355 e. The Kier molecular flexibility index (Phi) is 3.55. The summed E-state index contributed by atoms with van der Waals surface area (Å²) < 4.78 is 0. The number of anilines is 1. The fraction of sp³-hybridized carbons (Fsp3) is 0.750. The Bertz CT molecular complexity index is 517. The van der Waals surface area contributed by atoms with E-state index in [4.69, 9.17) is 0 Å². The summed E-state index contributed by atoms with van der Waals surface area (Å²) in [5, 5.41) is 0. The zero-order valence-electron chi connectivity index (χ0n) is 13.0. The minimum Gasteiger partial charge on any atom is -0.355 e. The minimum absolute atomic E-state index is 0.736. The third-order valence-electron chi connectivity index (χ3n) is 5.27. The van der Waals surface area contributed by atoms with Gasteiger partial charge < -0.3 is 9.80 Å². The van der Waals surface area contributed by atoms with Gasteiger partial charge in [-0.3, -0.25) is 4.90 Å². The van der Waals surface area contributed by atoms with E-state index >= 15 is 0 Å². The Labute approximate surface area is 127 Å². The molecule has 3 aliphatic rings. The second-order valence-corrected chi connectivity index (χ2v) is 6.74. The molecule has 2 fully saturated rings. The van der Waals surface area contributed by atoms with Crippen LogP contribution < -0.4 is 4.90 Å². The maximum Gasteiger partial charge on any atom is 0.136 e. The molecule has 0 aliphatic carbocycles. The first-order valence-corrected chi connectivity index (χ1v) is 8.31. The molecule has 21 heavy (non-hydrogen) atoms. The average molecular weight is 287 g/mol. The molecule has 5 nitrogen and oxygen atoms in total. The van der Waals surface area contributed by atoms with Crippen molar-refractivity contribution in [2.45, 2.75) is 38.3 Å². The molecule has 1 aromatic heterocycles. The lowest BCUT2D eigenvalue weighted by molar-refractivity contribution is 0.272. The molecular weight excluding hydrogens is 262 g/mol. The molecule has 0 saturated carbocycles. The molecule has 114 valence electrons. The maximum absolute atomic E-state index is 4.68. The normalized spacial score (nSPS) is 27.3. The molecule has 1 atom stereocenters. The highest BCUT2D eigenvalue weighted by Gasteiger charge is 2.31. The molecule has 4 rings (SSSR count). The zero-order valence-corrected chi connectivity index (χ0v) is 13.0. The van der Waals surface area contributed by atoms with Crippen LogP contribution in [-0.4, -0.2) is 65.6 Å². The summed E-state index contributed by atoms with van der Waals surface area (Å²) in [6.45, 7) is 6.95. The summed E-state index contributed by atoms with van der Waals surface area (Å²) >= 11 is 0. The van der Waals surface area contributed by atoms with Gasteiger partial charge in [-0.1, -0.05) is 0 Å². The van der Waals surface area contributed by atoms with E-state index in [1.54, 1.807) is 6.33 Å². The number of aromatic nitrogens is 2. The summed E-state index contributed by atoms with van der Waals surface area (Å²) in [5.74, 6) is 1.21. The van der Waals surface area contributed by atoms with Gasteiger partial charge >= 0.3 is 0 Å². The van der Waals surface area contributed by atoms with Crippen LogP contribution in [0.1, 0.15) is 30.5 Å². The Morgan fingerprint density at radius 2 is 2.00 bits per heavy atom. The van der Waals surface area contributed by atoms with E-state index in [0.717, 1.165) is 38.6 Å². The Morgan fingerprint density at radius 3 is 2.95 bits per heavy atom. The summed E-state index contributed by atoms with van der Waals surface area (Å²) in [6.07, 6.45) is 6.81. The second kappa shape index (κ2) is 5.54. The highest BCUT2D eigenvalue weighted by atomic mass is 15.3. The van der Waals surface area contributed by atoms with Crippen LogP contribution in [0.2, 0.25) is 0 Å². The number of nitrogens with zero attached hydrogens (tertiary/aromatic N) is 5. The fourth-order valence-corrected chi connectivity index (χ4v) is 4.13. The molecule has 3 aliphatic heterocycles. The fourth-order valence-electron chi connectivity index (χ4n) is 4.13. The predicted octanol–water partition coefficient (Wildman–Crippen LogP) is 1.14. The molecule has 1 aromatic rings. The highest BCUT2D eigenvalue weighted by molar-refractivity contribution is 5.50. The van der Waals surface area contributed by atoms with Gasteiger partial charge in [-0.05, 0) is 32.9 Å². The molecule has 5 heteroatoms. The first-order valence-electron chi connectivity index (χ1n) is 8.31. The molecule has 0 unspecified atom stereocenters. The molecule has 2 saturated heterocycles. The Balaban J connectivity index is 1.63. The quantitative estimate of drug-likeness (QED) is 0.774. The lowest BCUT2D eigenvalue weighted by Gasteiger charge is -2.31.